The molecule has 13 aromatic rings. The fraction of sp³-hybridized carbons (Fsp3) is 0. The normalized spacial score (nSPS) is 12.2. The second-order valence-corrected chi connectivity index (χ2v) is 15.3. The van der Waals surface area contributed by atoms with Gasteiger partial charge >= 0.3 is 0 Å². The molecule has 0 aliphatic carbocycles. The van der Waals surface area contributed by atoms with Crippen LogP contribution >= 0.6 is 0 Å². The molecule has 3 aromatic heterocycles. The topological polar surface area (TPSA) is 23.0 Å². The summed E-state index contributed by atoms with van der Waals surface area (Å²) < 4.78 is 11.3. The van der Waals surface area contributed by atoms with Crippen LogP contribution in [-0.4, -0.2) is 9.13 Å². The van der Waals surface area contributed by atoms with Gasteiger partial charge in [-0.25, -0.2) is 0 Å². The lowest BCUT2D eigenvalue weighted by atomic mass is 9.94. The van der Waals surface area contributed by atoms with Gasteiger partial charge in [0.25, 0.3) is 0 Å². The lowest BCUT2D eigenvalue weighted by Crippen LogP contribution is -1.95. The first kappa shape index (κ1) is 30.7. The van der Waals surface area contributed by atoms with Crippen LogP contribution in [0.1, 0.15) is 0 Å². The molecule has 3 heteroatoms. The molecule has 0 N–H and O–H groups in total. The molecule has 0 saturated heterocycles. The molecular formula is C54H32N2O. The number of hydrogen-bond acceptors (Lipinski definition) is 1. The minimum absolute atomic E-state index is 0.888. The van der Waals surface area contributed by atoms with Crippen LogP contribution in [0.4, 0.5) is 0 Å². The van der Waals surface area contributed by atoms with Crippen molar-refractivity contribution in [3.8, 4) is 22.5 Å². The van der Waals surface area contributed by atoms with Gasteiger partial charge in [-0.1, -0.05) is 127 Å². The molecule has 57 heavy (non-hydrogen) atoms. The van der Waals surface area contributed by atoms with E-state index in [1.165, 1.54) is 81.5 Å². The second kappa shape index (κ2) is 11.5. The Morgan fingerprint density at radius 1 is 0.246 bits per heavy atom. The number of rotatable bonds is 3. The molecule has 3 nitrogen and oxygen atoms in total. The van der Waals surface area contributed by atoms with Crippen LogP contribution in [0.2, 0.25) is 0 Å². The summed E-state index contributed by atoms with van der Waals surface area (Å²) >= 11 is 0. The van der Waals surface area contributed by atoms with Crippen LogP contribution in [0.3, 0.4) is 0 Å². The summed E-state index contributed by atoms with van der Waals surface area (Å²) in [5.41, 5.74) is 11.1. The van der Waals surface area contributed by atoms with E-state index >= 15 is 0 Å². The Hall–Kier alpha value is -7.62. The van der Waals surface area contributed by atoms with Gasteiger partial charge in [-0.2, -0.15) is 0 Å². The summed E-state index contributed by atoms with van der Waals surface area (Å²) in [7, 11) is 0. The molecule has 0 aliphatic rings. The van der Waals surface area contributed by atoms with Gasteiger partial charge in [0.05, 0.1) is 22.1 Å². The minimum Gasteiger partial charge on any atom is -0.456 e. The van der Waals surface area contributed by atoms with Crippen LogP contribution in [-0.2, 0) is 0 Å². The van der Waals surface area contributed by atoms with Crippen molar-refractivity contribution >= 4 is 97.9 Å². The molecule has 264 valence electrons. The third-order valence-electron chi connectivity index (χ3n) is 12.3. The van der Waals surface area contributed by atoms with E-state index in [2.05, 4.69) is 203 Å². The van der Waals surface area contributed by atoms with Crippen LogP contribution in [0, 0.1) is 0 Å². The number of aromatic nitrogens is 2. The summed E-state index contributed by atoms with van der Waals surface area (Å²) in [5.74, 6) is 0. The van der Waals surface area contributed by atoms with E-state index < -0.39 is 0 Å². The zero-order valence-corrected chi connectivity index (χ0v) is 30.8. The molecule has 13 rings (SSSR count). The predicted molar refractivity (Wildman–Crippen MR) is 240 cm³/mol. The molecule has 0 unspecified atom stereocenters. The summed E-state index contributed by atoms with van der Waals surface area (Å²) in [6.07, 6.45) is 0. The van der Waals surface area contributed by atoms with Crippen LogP contribution in [0.5, 0.6) is 0 Å². The molecule has 0 amide bonds. The van der Waals surface area contributed by atoms with Gasteiger partial charge in [0.1, 0.15) is 11.2 Å². The standard InChI is InChI=1S/C54H32N2O/c1-2-13-39-37(11-1)38-12-3-4-14-40(38)46-31-35(23-26-41(39)46)56-51-20-10-7-17-44(51)45-25-21-34(30-52(45)56)33-22-27-53-47(29-33)48-32-36(24-28-54(48)57-53)55-49-18-8-5-15-42(49)43-16-6-9-19-50(43)55/h1-32H. The first-order valence-corrected chi connectivity index (χ1v) is 19.6. The molecule has 0 bridgehead atoms. The van der Waals surface area contributed by atoms with E-state index in [4.69, 9.17) is 4.42 Å². The summed E-state index contributed by atoms with van der Waals surface area (Å²) in [6.45, 7) is 0. The Morgan fingerprint density at radius 2 is 0.614 bits per heavy atom. The van der Waals surface area contributed by atoms with Gasteiger partial charge in [-0.3, -0.25) is 0 Å². The highest BCUT2D eigenvalue weighted by molar-refractivity contribution is 6.26. The molecule has 0 fully saturated rings. The first-order chi connectivity index (χ1) is 28.3. The van der Waals surface area contributed by atoms with Gasteiger partial charge in [0, 0.05) is 43.7 Å². The first-order valence-electron chi connectivity index (χ1n) is 19.6. The average Bonchev–Trinajstić information content (AvgIpc) is 3.93. The van der Waals surface area contributed by atoms with E-state index in [1.54, 1.807) is 0 Å². The van der Waals surface area contributed by atoms with E-state index in [-0.39, 0.29) is 0 Å². The van der Waals surface area contributed by atoms with E-state index in [1.807, 2.05) is 0 Å². The summed E-state index contributed by atoms with van der Waals surface area (Å²) in [4.78, 5) is 0. The van der Waals surface area contributed by atoms with Crippen molar-refractivity contribution in [2.45, 2.75) is 0 Å². The second-order valence-electron chi connectivity index (χ2n) is 15.3. The predicted octanol–water partition coefficient (Wildman–Crippen LogP) is 14.9. The Bertz CT molecular complexity index is 3730. The molecule has 0 saturated carbocycles. The smallest absolute Gasteiger partial charge is 0.135 e. The van der Waals surface area contributed by atoms with Gasteiger partial charge in [-0.15, -0.1) is 0 Å². The number of fused-ring (bicyclic) bond motifs is 15. The maximum absolute atomic E-state index is 6.46. The Kier molecular flexibility index (Phi) is 6.16. The maximum Gasteiger partial charge on any atom is 0.135 e. The van der Waals surface area contributed by atoms with Gasteiger partial charge in [0.15, 0.2) is 0 Å². The van der Waals surface area contributed by atoms with Crippen molar-refractivity contribution in [3.63, 3.8) is 0 Å². The zero-order chi connectivity index (χ0) is 37.2. The minimum atomic E-state index is 0.888. The number of hydrogen-bond donors (Lipinski definition) is 0. The monoisotopic (exact) mass is 724 g/mol. The van der Waals surface area contributed by atoms with Crippen molar-refractivity contribution < 1.29 is 4.42 Å². The lowest BCUT2D eigenvalue weighted by Gasteiger charge is -2.14. The van der Waals surface area contributed by atoms with Crippen molar-refractivity contribution in [1.29, 1.82) is 0 Å². The Balaban J connectivity index is 1.01. The van der Waals surface area contributed by atoms with Crippen LogP contribution in [0.15, 0.2) is 199 Å². The van der Waals surface area contributed by atoms with Crippen molar-refractivity contribution in [1.82, 2.24) is 9.13 Å². The average molecular weight is 725 g/mol. The van der Waals surface area contributed by atoms with Crippen molar-refractivity contribution in [3.05, 3.63) is 194 Å². The fourth-order valence-corrected chi connectivity index (χ4v) is 9.75. The molecular weight excluding hydrogens is 693 g/mol. The van der Waals surface area contributed by atoms with Crippen LogP contribution in [0.25, 0.3) is 120 Å². The number of para-hydroxylation sites is 3. The fourth-order valence-electron chi connectivity index (χ4n) is 9.75. The molecule has 0 spiro atoms. The van der Waals surface area contributed by atoms with Gasteiger partial charge < -0.3 is 13.6 Å². The molecule has 10 aromatic carbocycles. The van der Waals surface area contributed by atoms with E-state index in [0.29, 0.717) is 0 Å². The number of benzene rings is 10. The quantitative estimate of drug-likeness (QED) is 0.166. The highest BCUT2D eigenvalue weighted by Gasteiger charge is 2.18. The Labute approximate surface area is 326 Å². The molecule has 0 atom stereocenters. The van der Waals surface area contributed by atoms with Gasteiger partial charge in [-0.05, 0) is 110 Å². The molecule has 0 aliphatic heterocycles. The third-order valence-corrected chi connectivity index (χ3v) is 12.3. The zero-order valence-electron chi connectivity index (χ0n) is 30.8. The van der Waals surface area contributed by atoms with E-state index in [0.717, 1.165) is 38.9 Å². The van der Waals surface area contributed by atoms with Crippen molar-refractivity contribution in [2.75, 3.05) is 0 Å². The van der Waals surface area contributed by atoms with Crippen LogP contribution < -0.4 is 0 Å². The highest BCUT2D eigenvalue weighted by Crippen LogP contribution is 2.41. The molecule has 0 radical (unpaired) electrons. The summed E-state index contributed by atoms with van der Waals surface area (Å²) in [5, 5.41) is 14.9. The number of nitrogens with zero attached hydrogens (tertiary/aromatic N) is 2. The van der Waals surface area contributed by atoms with E-state index in [9.17, 15) is 0 Å². The Morgan fingerprint density at radius 3 is 1.21 bits per heavy atom. The lowest BCUT2D eigenvalue weighted by molar-refractivity contribution is 0.669. The summed E-state index contributed by atoms with van der Waals surface area (Å²) in [6, 6.07) is 70.9. The number of furan rings is 1. The maximum atomic E-state index is 6.46. The highest BCUT2D eigenvalue weighted by atomic mass is 16.3. The largest absolute Gasteiger partial charge is 0.456 e. The molecule has 3 heterocycles. The van der Waals surface area contributed by atoms with Gasteiger partial charge in [0.2, 0.25) is 0 Å². The SMILES string of the molecule is c1ccc2c(c1)c1ccccc1c1cc(-n3c4ccccc4c4ccc(-c5ccc6oc7ccc(-n8c9ccccc9c9ccccc98)cc7c6c5)cc43)ccc21. The third kappa shape index (κ3) is 4.31. The van der Waals surface area contributed by atoms with Crippen molar-refractivity contribution in [2.24, 2.45) is 0 Å².